The first-order valence-electron chi connectivity index (χ1n) is 8.31. The topological polar surface area (TPSA) is 21.3 Å². The van der Waals surface area contributed by atoms with Crippen LogP contribution < -0.4 is 10.1 Å². The van der Waals surface area contributed by atoms with Gasteiger partial charge in [-0.2, -0.15) is 0 Å². The maximum Gasteiger partial charge on any atom is 0.119 e. The van der Waals surface area contributed by atoms with Crippen LogP contribution in [0.5, 0.6) is 5.75 Å². The minimum absolute atomic E-state index is 0.309. The van der Waals surface area contributed by atoms with Crippen LogP contribution in [0.2, 0.25) is 0 Å². The van der Waals surface area contributed by atoms with Gasteiger partial charge in [0, 0.05) is 12.0 Å². The number of benzene rings is 1. The molecule has 0 unspecified atom stereocenters. The van der Waals surface area contributed by atoms with Crippen LogP contribution in [0.1, 0.15) is 53.0 Å². The Morgan fingerprint density at radius 1 is 1.14 bits per heavy atom. The number of hydrogen-bond acceptors (Lipinski definition) is 2. The normalized spacial score (nSPS) is 19.3. The van der Waals surface area contributed by atoms with E-state index in [9.17, 15) is 0 Å². The van der Waals surface area contributed by atoms with Gasteiger partial charge in [0.05, 0.1) is 6.61 Å². The molecule has 0 amide bonds. The Hall–Kier alpha value is -1.02. The van der Waals surface area contributed by atoms with E-state index in [1.165, 1.54) is 18.4 Å². The van der Waals surface area contributed by atoms with Crippen molar-refractivity contribution in [1.29, 1.82) is 0 Å². The molecule has 0 bridgehead atoms. The van der Waals surface area contributed by atoms with Crippen LogP contribution in [-0.2, 0) is 5.41 Å². The molecule has 2 nitrogen and oxygen atoms in total. The van der Waals surface area contributed by atoms with E-state index in [-0.39, 0.29) is 0 Å². The zero-order valence-corrected chi connectivity index (χ0v) is 14.3. The Morgan fingerprint density at radius 2 is 1.76 bits per heavy atom. The van der Waals surface area contributed by atoms with Crippen molar-refractivity contribution in [2.75, 3.05) is 19.7 Å². The van der Waals surface area contributed by atoms with Crippen molar-refractivity contribution < 1.29 is 4.74 Å². The van der Waals surface area contributed by atoms with E-state index >= 15 is 0 Å². The van der Waals surface area contributed by atoms with Gasteiger partial charge in [0.25, 0.3) is 0 Å². The molecule has 0 radical (unpaired) electrons. The minimum atomic E-state index is 0.309. The molecule has 0 saturated heterocycles. The Morgan fingerprint density at radius 3 is 2.24 bits per heavy atom. The third-order valence-corrected chi connectivity index (χ3v) is 4.43. The highest BCUT2D eigenvalue weighted by Crippen LogP contribution is 2.55. The second kappa shape index (κ2) is 6.39. The van der Waals surface area contributed by atoms with Gasteiger partial charge in [-0.15, -0.1) is 0 Å². The molecule has 1 aromatic carbocycles. The molecule has 1 fully saturated rings. The number of rotatable bonds is 7. The summed E-state index contributed by atoms with van der Waals surface area (Å²) >= 11 is 0. The van der Waals surface area contributed by atoms with Crippen molar-refractivity contribution >= 4 is 0 Å². The number of ether oxygens (including phenoxy) is 1. The molecule has 1 aliphatic carbocycles. The lowest BCUT2D eigenvalue weighted by molar-refractivity contribution is 0.0558. The molecule has 1 N–H and O–H groups in total. The van der Waals surface area contributed by atoms with Gasteiger partial charge in [0.1, 0.15) is 5.75 Å². The van der Waals surface area contributed by atoms with Crippen molar-refractivity contribution in [1.82, 2.24) is 5.32 Å². The third-order valence-electron chi connectivity index (χ3n) is 4.43. The summed E-state index contributed by atoms with van der Waals surface area (Å²) in [6.45, 7) is 14.2. The molecular formula is C19H31NO. The van der Waals surface area contributed by atoms with E-state index in [4.69, 9.17) is 4.74 Å². The fourth-order valence-electron chi connectivity index (χ4n) is 3.88. The third kappa shape index (κ3) is 4.00. The van der Waals surface area contributed by atoms with Crippen molar-refractivity contribution in [3.05, 3.63) is 29.8 Å². The van der Waals surface area contributed by atoms with Crippen molar-refractivity contribution in [3.63, 3.8) is 0 Å². The molecule has 0 aromatic heterocycles. The highest BCUT2D eigenvalue weighted by atomic mass is 16.5. The maximum absolute atomic E-state index is 5.56. The van der Waals surface area contributed by atoms with E-state index < -0.39 is 0 Å². The Labute approximate surface area is 130 Å². The van der Waals surface area contributed by atoms with Crippen molar-refractivity contribution in [3.8, 4) is 5.75 Å². The monoisotopic (exact) mass is 289 g/mol. The smallest absolute Gasteiger partial charge is 0.119 e. The molecule has 0 atom stereocenters. The summed E-state index contributed by atoms with van der Waals surface area (Å²) in [5.74, 6) is 1.68. The van der Waals surface area contributed by atoms with Gasteiger partial charge in [-0.3, -0.25) is 0 Å². The van der Waals surface area contributed by atoms with Crippen LogP contribution >= 0.6 is 0 Å². The summed E-state index contributed by atoms with van der Waals surface area (Å²) in [6, 6.07) is 8.76. The Balaban J connectivity index is 2.09. The van der Waals surface area contributed by atoms with Crippen LogP contribution in [0.15, 0.2) is 24.3 Å². The summed E-state index contributed by atoms with van der Waals surface area (Å²) in [4.78, 5) is 0. The quantitative estimate of drug-likeness (QED) is 0.804. The second-order valence-electron chi connectivity index (χ2n) is 7.78. The molecule has 2 heteroatoms. The van der Waals surface area contributed by atoms with Crippen LogP contribution in [-0.4, -0.2) is 19.7 Å². The van der Waals surface area contributed by atoms with E-state index in [1.54, 1.807) is 0 Å². The summed E-state index contributed by atoms with van der Waals surface area (Å²) in [6.07, 6.45) is 2.53. The molecule has 1 aromatic rings. The lowest BCUT2D eigenvalue weighted by atomic mass is 9.52. The lowest BCUT2D eigenvalue weighted by Crippen LogP contribution is -2.52. The highest BCUT2D eigenvalue weighted by Gasteiger charge is 2.49. The fraction of sp³-hybridized carbons (Fsp3) is 0.684. The summed E-state index contributed by atoms with van der Waals surface area (Å²) in [7, 11) is 0. The molecule has 0 spiro atoms. The fourth-order valence-corrected chi connectivity index (χ4v) is 3.88. The zero-order chi connectivity index (χ0) is 15.5. The van der Waals surface area contributed by atoms with Crippen LogP contribution in [0.25, 0.3) is 0 Å². The number of hydrogen-bond donors (Lipinski definition) is 1. The zero-order valence-electron chi connectivity index (χ0n) is 14.3. The maximum atomic E-state index is 5.56. The van der Waals surface area contributed by atoms with Gasteiger partial charge in [-0.05, 0) is 55.3 Å². The Kier molecular flexibility index (Phi) is 4.98. The van der Waals surface area contributed by atoms with E-state index in [0.29, 0.717) is 16.7 Å². The van der Waals surface area contributed by atoms with Crippen molar-refractivity contribution in [2.24, 2.45) is 11.3 Å². The van der Waals surface area contributed by atoms with Gasteiger partial charge in [0.15, 0.2) is 0 Å². The first-order valence-corrected chi connectivity index (χ1v) is 8.31. The van der Waals surface area contributed by atoms with Crippen LogP contribution in [0, 0.1) is 11.3 Å². The van der Waals surface area contributed by atoms with Crippen molar-refractivity contribution in [2.45, 2.75) is 52.9 Å². The van der Waals surface area contributed by atoms with Gasteiger partial charge in [0.2, 0.25) is 0 Å². The first-order chi connectivity index (χ1) is 9.87. The summed E-state index contributed by atoms with van der Waals surface area (Å²) in [5.41, 5.74) is 2.24. The van der Waals surface area contributed by atoms with E-state index in [0.717, 1.165) is 25.4 Å². The number of nitrogens with one attached hydrogen (secondary N) is 1. The van der Waals surface area contributed by atoms with Crippen LogP contribution in [0.4, 0.5) is 0 Å². The molecule has 1 aliphatic rings. The van der Waals surface area contributed by atoms with Gasteiger partial charge >= 0.3 is 0 Å². The predicted octanol–water partition coefficient (Wildman–Crippen LogP) is 4.39. The molecule has 0 aliphatic heterocycles. The predicted molar refractivity (Wildman–Crippen MR) is 90.0 cm³/mol. The summed E-state index contributed by atoms with van der Waals surface area (Å²) in [5, 5.41) is 3.67. The standard InChI is InChI=1S/C19H31NO/c1-6-21-17-9-7-16(8-10-17)19(12-18(4,5)13-19)14-20-11-15(2)3/h7-10,15,20H,6,11-14H2,1-5H3. The lowest BCUT2D eigenvalue weighted by Gasteiger charge is -2.54. The van der Waals surface area contributed by atoms with Gasteiger partial charge in [-0.1, -0.05) is 39.8 Å². The average molecular weight is 289 g/mol. The molecule has 2 rings (SSSR count). The average Bonchev–Trinajstić information content (AvgIpc) is 2.37. The van der Waals surface area contributed by atoms with Gasteiger partial charge < -0.3 is 10.1 Å². The molecule has 118 valence electrons. The first kappa shape index (κ1) is 16.4. The van der Waals surface area contributed by atoms with E-state index in [2.05, 4.69) is 57.3 Å². The largest absolute Gasteiger partial charge is 0.494 e. The van der Waals surface area contributed by atoms with Crippen LogP contribution in [0.3, 0.4) is 0 Å². The SMILES string of the molecule is CCOc1ccc(C2(CNCC(C)C)CC(C)(C)C2)cc1. The van der Waals surface area contributed by atoms with E-state index in [1.807, 2.05) is 6.92 Å². The highest BCUT2D eigenvalue weighted by molar-refractivity contribution is 5.35. The Bertz CT molecular complexity index is 439. The summed E-state index contributed by atoms with van der Waals surface area (Å²) < 4.78 is 5.56. The second-order valence-corrected chi connectivity index (χ2v) is 7.78. The molecule has 0 heterocycles. The molecular weight excluding hydrogens is 258 g/mol. The minimum Gasteiger partial charge on any atom is -0.494 e. The van der Waals surface area contributed by atoms with Gasteiger partial charge in [-0.25, -0.2) is 0 Å². The molecule has 21 heavy (non-hydrogen) atoms. The molecule has 1 saturated carbocycles.